The van der Waals surface area contributed by atoms with Gasteiger partial charge in [-0.3, -0.25) is 0 Å². The van der Waals surface area contributed by atoms with Crippen LogP contribution in [0, 0.1) is 19.8 Å². The number of rotatable bonds is 5. The fraction of sp³-hybridized carbons (Fsp3) is 0.615. The van der Waals surface area contributed by atoms with Gasteiger partial charge in [0.2, 0.25) is 0 Å². The van der Waals surface area contributed by atoms with E-state index in [9.17, 15) is 0 Å². The van der Waals surface area contributed by atoms with Crippen LogP contribution in [-0.2, 0) is 6.54 Å². The Morgan fingerprint density at radius 3 is 2.56 bits per heavy atom. The molecule has 1 aromatic heterocycles. The number of anilines is 1. The first kappa shape index (κ1) is 13.0. The first-order valence-corrected chi connectivity index (χ1v) is 5.90. The van der Waals surface area contributed by atoms with E-state index < -0.39 is 0 Å². The molecule has 0 aliphatic heterocycles. The van der Waals surface area contributed by atoms with E-state index >= 15 is 0 Å². The van der Waals surface area contributed by atoms with Gasteiger partial charge in [0.05, 0.1) is 0 Å². The molecule has 0 fully saturated rings. The van der Waals surface area contributed by atoms with Crippen molar-refractivity contribution in [2.24, 2.45) is 5.92 Å². The van der Waals surface area contributed by atoms with Gasteiger partial charge in [-0.1, -0.05) is 13.8 Å². The predicted octanol–water partition coefficient (Wildman–Crippen LogP) is 2.49. The lowest BCUT2D eigenvalue weighted by atomic mass is 10.1. The van der Waals surface area contributed by atoms with Gasteiger partial charge in [-0.2, -0.15) is 0 Å². The van der Waals surface area contributed by atoms with Crippen LogP contribution in [0.15, 0.2) is 6.07 Å². The lowest BCUT2D eigenvalue weighted by molar-refractivity contribution is 0.684. The summed E-state index contributed by atoms with van der Waals surface area (Å²) in [6.07, 6.45) is 0. The van der Waals surface area contributed by atoms with Crippen molar-refractivity contribution in [2.45, 2.75) is 34.2 Å². The molecule has 2 N–H and O–H groups in total. The Morgan fingerprint density at radius 1 is 1.31 bits per heavy atom. The molecule has 0 aliphatic rings. The van der Waals surface area contributed by atoms with E-state index in [-0.39, 0.29) is 0 Å². The second-order valence-electron chi connectivity index (χ2n) is 4.71. The van der Waals surface area contributed by atoms with E-state index in [1.165, 1.54) is 11.1 Å². The van der Waals surface area contributed by atoms with E-state index in [2.05, 4.69) is 42.5 Å². The van der Waals surface area contributed by atoms with E-state index in [4.69, 9.17) is 0 Å². The summed E-state index contributed by atoms with van der Waals surface area (Å²) >= 11 is 0. The first-order chi connectivity index (χ1) is 7.54. The van der Waals surface area contributed by atoms with E-state index in [1.807, 2.05) is 14.0 Å². The summed E-state index contributed by atoms with van der Waals surface area (Å²) in [5, 5.41) is 6.62. The van der Waals surface area contributed by atoms with Crippen LogP contribution < -0.4 is 10.6 Å². The third-order valence-electron chi connectivity index (χ3n) is 2.51. The molecule has 0 spiro atoms. The monoisotopic (exact) mass is 221 g/mol. The maximum absolute atomic E-state index is 4.57. The quantitative estimate of drug-likeness (QED) is 0.802. The zero-order chi connectivity index (χ0) is 12.1. The van der Waals surface area contributed by atoms with Crippen molar-refractivity contribution >= 4 is 5.82 Å². The molecule has 1 heterocycles. The molecule has 3 heteroatoms. The van der Waals surface area contributed by atoms with E-state index in [1.54, 1.807) is 0 Å². The predicted molar refractivity (Wildman–Crippen MR) is 69.8 cm³/mol. The fourth-order valence-electron chi connectivity index (χ4n) is 1.71. The largest absolute Gasteiger partial charge is 0.370 e. The van der Waals surface area contributed by atoms with Crippen LogP contribution >= 0.6 is 0 Å². The molecule has 0 saturated carbocycles. The van der Waals surface area contributed by atoms with Crippen molar-refractivity contribution in [3.05, 3.63) is 22.9 Å². The van der Waals surface area contributed by atoms with Gasteiger partial charge in [-0.05, 0) is 38.4 Å². The Labute approximate surface area is 98.7 Å². The Balaban J connectivity index is 2.94. The Hall–Kier alpha value is -1.09. The van der Waals surface area contributed by atoms with Crippen molar-refractivity contribution in [2.75, 3.05) is 18.9 Å². The molecule has 0 unspecified atom stereocenters. The summed E-state index contributed by atoms with van der Waals surface area (Å²) in [5.74, 6) is 1.66. The average Bonchev–Trinajstić information content (AvgIpc) is 2.19. The minimum atomic E-state index is 0.630. The highest BCUT2D eigenvalue weighted by Crippen LogP contribution is 2.18. The van der Waals surface area contributed by atoms with Crippen molar-refractivity contribution in [1.29, 1.82) is 0 Å². The van der Waals surface area contributed by atoms with E-state index in [0.717, 1.165) is 24.6 Å². The number of pyridine rings is 1. The van der Waals surface area contributed by atoms with Gasteiger partial charge in [-0.15, -0.1) is 0 Å². The summed E-state index contributed by atoms with van der Waals surface area (Å²) in [6, 6.07) is 2.13. The molecule has 0 bridgehead atoms. The van der Waals surface area contributed by atoms with Crippen LogP contribution in [0.25, 0.3) is 0 Å². The number of aryl methyl sites for hydroxylation is 2. The van der Waals surface area contributed by atoms with Crippen molar-refractivity contribution in [3.8, 4) is 0 Å². The molecule has 1 rings (SSSR count). The smallest absolute Gasteiger partial charge is 0.131 e. The molecule has 0 aromatic carbocycles. The molecule has 16 heavy (non-hydrogen) atoms. The zero-order valence-corrected chi connectivity index (χ0v) is 11.0. The maximum atomic E-state index is 4.57. The molecule has 90 valence electrons. The highest BCUT2D eigenvalue weighted by Gasteiger charge is 2.08. The average molecular weight is 221 g/mol. The number of hydrogen-bond donors (Lipinski definition) is 2. The minimum Gasteiger partial charge on any atom is -0.370 e. The molecular formula is C13H23N3. The second kappa shape index (κ2) is 5.85. The second-order valence-corrected chi connectivity index (χ2v) is 4.71. The lowest BCUT2D eigenvalue weighted by Gasteiger charge is -2.15. The SMILES string of the molecule is CNCc1c(C)cc(C)nc1NCC(C)C. The summed E-state index contributed by atoms with van der Waals surface area (Å²) in [6.45, 7) is 10.4. The van der Waals surface area contributed by atoms with Crippen LogP contribution in [0.1, 0.15) is 30.7 Å². The molecule has 0 aliphatic carbocycles. The number of hydrogen-bond acceptors (Lipinski definition) is 3. The van der Waals surface area contributed by atoms with Crippen molar-refractivity contribution < 1.29 is 0 Å². The van der Waals surface area contributed by atoms with Crippen LogP contribution in [0.2, 0.25) is 0 Å². The van der Waals surface area contributed by atoms with Gasteiger partial charge in [-0.25, -0.2) is 4.98 Å². The highest BCUT2D eigenvalue weighted by atomic mass is 15.0. The third kappa shape index (κ3) is 3.49. The van der Waals surface area contributed by atoms with Gasteiger partial charge in [0.15, 0.2) is 0 Å². The van der Waals surface area contributed by atoms with Gasteiger partial charge in [0.1, 0.15) is 5.82 Å². The van der Waals surface area contributed by atoms with Gasteiger partial charge < -0.3 is 10.6 Å². The van der Waals surface area contributed by atoms with Crippen molar-refractivity contribution in [3.63, 3.8) is 0 Å². The third-order valence-corrected chi connectivity index (χ3v) is 2.51. The molecule has 0 atom stereocenters. The molecule has 0 radical (unpaired) electrons. The molecule has 0 saturated heterocycles. The first-order valence-electron chi connectivity index (χ1n) is 5.90. The van der Waals surface area contributed by atoms with Crippen LogP contribution in [-0.4, -0.2) is 18.6 Å². The van der Waals surface area contributed by atoms with Gasteiger partial charge >= 0.3 is 0 Å². The molecular weight excluding hydrogens is 198 g/mol. The summed E-state index contributed by atoms with van der Waals surface area (Å²) < 4.78 is 0. The van der Waals surface area contributed by atoms with Crippen molar-refractivity contribution in [1.82, 2.24) is 10.3 Å². The lowest BCUT2D eigenvalue weighted by Crippen LogP contribution is -2.15. The van der Waals surface area contributed by atoms with Crippen LogP contribution in [0.5, 0.6) is 0 Å². The fourth-order valence-corrected chi connectivity index (χ4v) is 1.71. The van der Waals surface area contributed by atoms with Crippen LogP contribution in [0.3, 0.4) is 0 Å². The number of nitrogens with zero attached hydrogens (tertiary/aromatic N) is 1. The Bertz CT molecular complexity index is 345. The summed E-state index contributed by atoms with van der Waals surface area (Å²) in [5.41, 5.74) is 3.64. The number of nitrogens with one attached hydrogen (secondary N) is 2. The Kier molecular flexibility index (Phi) is 4.74. The topological polar surface area (TPSA) is 37.0 Å². The van der Waals surface area contributed by atoms with Gasteiger partial charge in [0.25, 0.3) is 0 Å². The Morgan fingerprint density at radius 2 is 2.00 bits per heavy atom. The highest BCUT2D eigenvalue weighted by molar-refractivity contribution is 5.49. The zero-order valence-electron chi connectivity index (χ0n) is 11.0. The van der Waals surface area contributed by atoms with Gasteiger partial charge in [0, 0.05) is 24.3 Å². The normalized spacial score (nSPS) is 10.9. The standard InChI is InChI=1S/C13H23N3/c1-9(2)7-15-13-12(8-14-5)10(3)6-11(4)16-13/h6,9,14H,7-8H2,1-5H3,(H,15,16). The summed E-state index contributed by atoms with van der Waals surface area (Å²) in [7, 11) is 1.96. The molecule has 0 amide bonds. The van der Waals surface area contributed by atoms with E-state index in [0.29, 0.717) is 5.92 Å². The number of aromatic nitrogens is 1. The van der Waals surface area contributed by atoms with Crippen LogP contribution in [0.4, 0.5) is 5.82 Å². The minimum absolute atomic E-state index is 0.630. The maximum Gasteiger partial charge on any atom is 0.131 e. The molecule has 3 nitrogen and oxygen atoms in total. The summed E-state index contributed by atoms with van der Waals surface area (Å²) in [4.78, 5) is 4.57. The molecule has 1 aromatic rings.